The highest BCUT2D eigenvalue weighted by Crippen LogP contribution is 1.92. The topological polar surface area (TPSA) is 121 Å². The van der Waals surface area contributed by atoms with Gasteiger partial charge < -0.3 is 4.90 Å². The van der Waals surface area contributed by atoms with Gasteiger partial charge in [0.25, 0.3) is 10.1 Å². The third kappa shape index (κ3) is 20.2. The van der Waals surface area contributed by atoms with Crippen LogP contribution in [0.1, 0.15) is 27.2 Å². The van der Waals surface area contributed by atoms with Crippen LogP contribution in [0.3, 0.4) is 0 Å². The first-order valence-electron chi connectivity index (χ1n) is 5.85. The molecular formula is C9H23NO7S2. The number of hydrogen-bond acceptors (Lipinski definition) is 6. The molecule has 0 heterocycles. The summed E-state index contributed by atoms with van der Waals surface area (Å²) >= 11 is 0. The van der Waals surface area contributed by atoms with E-state index in [0.29, 0.717) is 0 Å². The van der Waals surface area contributed by atoms with E-state index in [1.165, 1.54) is 19.6 Å². The molecule has 118 valence electrons. The van der Waals surface area contributed by atoms with E-state index in [2.05, 4.69) is 29.9 Å². The Kier molecular flexibility index (Phi) is 11.7. The van der Waals surface area contributed by atoms with Crippen molar-refractivity contribution >= 4 is 20.5 Å². The zero-order valence-electron chi connectivity index (χ0n) is 11.4. The monoisotopic (exact) mass is 321 g/mol. The highest BCUT2D eigenvalue weighted by molar-refractivity contribution is 7.85. The quantitative estimate of drug-likeness (QED) is 0.487. The summed E-state index contributed by atoms with van der Waals surface area (Å²) in [6.07, 6.45) is -0.210. The average Bonchev–Trinajstić information content (AvgIpc) is 2.25. The highest BCUT2D eigenvalue weighted by atomic mass is 32.3. The van der Waals surface area contributed by atoms with Gasteiger partial charge in [0.05, 0.1) is 12.4 Å². The second-order valence-electron chi connectivity index (χ2n) is 3.51. The van der Waals surface area contributed by atoms with Gasteiger partial charge in [-0.25, -0.2) is 4.18 Å². The third-order valence-corrected chi connectivity index (χ3v) is 3.39. The fraction of sp³-hybridized carbons (Fsp3) is 1.00. The van der Waals surface area contributed by atoms with Gasteiger partial charge in [0.15, 0.2) is 0 Å². The van der Waals surface area contributed by atoms with Crippen LogP contribution in [0, 0.1) is 0 Å². The Morgan fingerprint density at radius 3 is 1.58 bits per heavy atom. The fourth-order valence-electron chi connectivity index (χ4n) is 1.08. The van der Waals surface area contributed by atoms with Crippen molar-refractivity contribution in [3.05, 3.63) is 0 Å². The molecule has 0 saturated heterocycles. The molecule has 0 saturated carbocycles. The van der Waals surface area contributed by atoms with Gasteiger partial charge in [0.1, 0.15) is 0 Å². The predicted molar refractivity (Wildman–Crippen MR) is 72.0 cm³/mol. The molecule has 0 atom stereocenters. The molecule has 0 aromatic rings. The zero-order valence-corrected chi connectivity index (χ0v) is 13.1. The molecule has 0 amide bonds. The van der Waals surface area contributed by atoms with Crippen LogP contribution < -0.4 is 0 Å². The van der Waals surface area contributed by atoms with Crippen LogP contribution in [0.25, 0.3) is 0 Å². The number of hydrogen-bond donors (Lipinski definition) is 2. The maximum Gasteiger partial charge on any atom is 0.397 e. The average molecular weight is 321 g/mol. The summed E-state index contributed by atoms with van der Waals surface area (Å²) in [5.41, 5.74) is 0. The maximum absolute atomic E-state index is 10.0. The van der Waals surface area contributed by atoms with Crippen molar-refractivity contribution in [2.75, 3.05) is 32.0 Å². The van der Waals surface area contributed by atoms with Crippen molar-refractivity contribution < 1.29 is 30.1 Å². The summed E-state index contributed by atoms with van der Waals surface area (Å²) < 4.78 is 59.8. The number of rotatable bonds is 8. The van der Waals surface area contributed by atoms with Crippen LogP contribution >= 0.6 is 0 Å². The first-order valence-corrected chi connectivity index (χ1v) is 8.82. The Balaban J connectivity index is 0. The Bertz CT molecular complexity index is 361. The maximum atomic E-state index is 10.0. The van der Waals surface area contributed by atoms with E-state index < -0.39 is 32.9 Å². The predicted octanol–water partition coefficient (Wildman–Crippen LogP) is 0.432. The van der Waals surface area contributed by atoms with Gasteiger partial charge in [-0.15, -0.1) is 0 Å². The molecule has 19 heavy (non-hydrogen) atoms. The lowest BCUT2D eigenvalue weighted by atomic mass is 10.5. The second-order valence-corrected chi connectivity index (χ2v) is 6.17. The fourth-order valence-corrected chi connectivity index (χ4v) is 1.89. The molecular weight excluding hydrogens is 298 g/mol. The van der Waals surface area contributed by atoms with Gasteiger partial charge in [-0.1, -0.05) is 20.8 Å². The molecule has 0 aliphatic carbocycles. The van der Waals surface area contributed by atoms with Crippen LogP contribution in [0.15, 0.2) is 0 Å². The summed E-state index contributed by atoms with van der Waals surface area (Å²) in [6, 6.07) is 0. The van der Waals surface area contributed by atoms with Gasteiger partial charge in [-0.3, -0.25) is 9.11 Å². The highest BCUT2D eigenvalue weighted by Gasteiger charge is 2.07. The van der Waals surface area contributed by atoms with Crippen LogP contribution in [0.4, 0.5) is 0 Å². The molecule has 0 aromatic carbocycles. The van der Waals surface area contributed by atoms with E-state index >= 15 is 0 Å². The SMILES string of the molecule is CCN(CC)CC.O=S(=O)(O)CCCOS(=O)(=O)O. The minimum Gasteiger partial charge on any atom is -0.304 e. The molecule has 0 rings (SSSR count). The molecule has 0 unspecified atom stereocenters. The van der Waals surface area contributed by atoms with Crippen LogP contribution in [0.5, 0.6) is 0 Å². The minimum atomic E-state index is -4.52. The second kappa shape index (κ2) is 10.5. The van der Waals surface area contributed by atoms with Gasteiger partial charge in [-0.05, 0) is 26.1 Å². The van der Waals surface area contributed by atoms with Crippen LogP contribution in [-0.4, -0.2) is 62.8 Å². The van der Waals surface area contributed by atoms with Crippen molar-refractivity contribution in [1.82, 2.24) is 4.90 Å². The van der Waals surface area contributed by atoms with E-state index in [-0.39, 0.29) is 6.42 Å². The molecule has 0 radical (unpaired) electrons. The van der Waals surface area contributed by atoms with Gasteiger partial charge in [0, 0.05) is 0 Å². The van der Waals surface area contributed by atoms with Crippen LogP contribution in [-0.2, 0) is 24.7 Å². The van der Waals surface area contributed by atoms with Gasteiger partial charge >= 0.3 is 10.4 Å². The van der Waals surface area contributed by atoms with Crippen molar-refractivity contribution in [2.24, 2.45) is 0 Å². The first-order chi connectivity index (χ1) is 8.55. The Labute approximate surface area is 115 Å². The largest absolute Gasteiger partial charge is 0.397 e. The third-order valence-electron chi connectivity index (χ3n) is 2.12. The number of nitrogens with zero attached hydrogens (tertiary/aromatic N) is 1. The summed E-state index contributed by atoms with van der Waals surface area (Å²) in [5, 5.41) is 0. The van der Waals surface area contributed by atoms with E-state index in [4.69, 9.17) is 9.11 Å². The Hall–Kier alpha value is -0.260. The lowest BCUT2D eigenvalue weighted by Crippen LogP contribution is -2.21. The van der Waals surface area contributed by atoms with E-state index in [1.807, 2.05) is 0 Å². The molecule has 0 aromatic heterocycles. The van der Waals surface area contributed by atoms with Crippen molar-refractivity contribution in [3.63, 3.8) is 0 Å². The lowest BCUT2D eigenvalue weighted by Gasteiger charge is -2.13. The van der Waals surface area contributed by atoms with Crippen molar-refractivity contribution in [2.45, 2.75) is 27.2 Å². The van der Waals surface area contributed by atoms with Crippen LogP contribution in [0.2, 0.25) is 0 Å². The Morgan fingerprint density at radius 1 is 0.947 bits per heavy atom. The molecule has 2 N–H and O–H groups in total. The zero-order chi connectivity index (χ0) is 15.5. The Morgan fingerprint density at radius 2 is 1.37 bits per heavy atom. The van der Waals surface area contributed by atoms with Gasteiger partial charge in [0.2, 0.25) is 0 Å². The smallest absolute Gasteiger partial charge is 0.304 e. The molecule has 0 bridgehead atoms. The van der Waals surface area contributed by atoms with Gasteiger partial charge in [-0.2, -0.15) is 16.8 Å². The molecule has 0 aliphatic heterocycles. The molecule has 0 fully saturated rings. The molecule has 8 nitrogen and oxygen atoms in total. The normalized spacial score (nSPS) is 12.1. The molecule has 0 spiro atoms. The van der Waals surface area contributed by atoms with Crippen molar-refractivity contribution in [1.29, 1.82) is 0 Å². The first kappa shape index (κ1) is 21.0. The molecule has 0 aliphatic rings. The molecule has 10 heteroatoms. The summed E-state index contributed by atoms with van der Waals surface area (Å²) in [5.74, 6) is -0.609. The summed E-state index contributed by atoms with van der Waals surface area (Å²) in [6.45, 7) is 9.64. The van der Waals surface area contributed by atoms with E-state index in [9.17, 15) is 16.8 Å². The minimum absolute atomic E-state index is 0.210. The summed E-state index contributed by atoms with van der Waals surface area (Å²) in [7, 11) is -8.62. The van der Waals surface area contributed by atoms with E-state index in [1.54, 1.807) is 0 Å². The van der Waals surface area contributed by atoms with Crippen molar-refractivity contribution in [3.8, 4) is 0 Å². The standard InChI is InChI=1S/C6H15N.C3H8O7S2/c1-4-7(5-2)6-3;4-11(5,6)3-1-2-10-12(7,8)9/h4-6H2,1-3H3;1-3H2,(H,4,5,6)(H,7,8,9). The van der Waals surface area contributed by atoms with E-state index in [0.717, 1.165) is 0 Å². The lowest BCUT2D eigenvalue weighted by molar-refractivity contribution is 0.268. The summed E-state index contributed by atoms with van der Waals surface area (Å²) in [4.78, 5) is 2.38.